The second-order valence-electron chi connectivity index (χ2n) is 6.67. The molecule has 150 valence electrons. The minimum absolute atomic E-state index is 0.0576. The topological polar surface area (TPSA) is 53.6 Å². The van der Waals surface area contributed by atoms with Crippen molar-refractivity contribution in [2.75, 3.05) is 26.2 Å². The van der Waals surface area contributed by atoms with Crippen LogP contribution in [0.15, 0.2) is 42.5 Å². The summed E-state index contributed by atoms with van der Waals surface area (Å²) in [5.74, 6) is 0. The van der Waals surface area contributed by atoms with Gasteiger partial charge in [0.2, 0.25) is 0 Å². The molecule has 1 saturated heterocycles. The Kier molecular flexibility index (Phi) is 7.82. The smallest absolute Gasteiger partial charge is 0.315 e. The molecule has 0 radical (unpaired) electrons. The molecule has 0 spiro atoms. The standard InChI is InChI=1S/C20H22Cl3N3O2/c21-16-4-1-14(2-5-16)10-24-20(27)25-11-17-13-26(7-8-28-17)12-15-3-6-18(22)19(23)9-15/h1-6,9,17H,7-8,10-13H2,(H2,24,25,27). The van der Waals surface area contributed by atoms with E-state index in [9.17, 15) is 4.79 Å². The van der Waals surface area contributed by atoms with Crippen molar-refractivity contribution < 1.29 is 9.53 Å². The lowest BCUT2D eigenvalue weighted by Gasteiger charge is -2.33. The number of rotatable bonds is 6. The maximum Gasteiger partial charge on any atom is 0.315 e. The second-order valence-corrected chi connectivity index (χ2v) is 7.92. The van der Waals surface area contributed by atoms with E-state index >= 15 is 0 Å². The molecule has 3 rings (SSSR count). The van der Waals surface area contributed by atoms with Crippen molar-refractivity contribution in [2.45, 2.75) is 19.2 Å². The molecular formula is C20H22Cl3N3O2. The average molecular weight is 443 g/mol. The number of morpholine rings is 1. The molecule has 2 N–H and O–H groups in total. The first-order chi connectivity index (χ1) is 13.5. The number of carbonyl (C=O) groups excluding carboxylic acids is 1. The minimum Gasteiger partial charge on any atom is -0.374 e. The predicted octanol–water partition coefficient (Wildman–Crippen LogP) is 4.35. The van der Waals surface area contributed by atoms with Gasteiger partial charge in [-0.25, -0.2) is 4.79 Å². The molecule has 0 aromatic heterocycles. The van der Waals surface area contributed by atoms with Gasteiger partial charge < -0.3 is 15.4 Å². The van der Waals surface area contributed by atoms with Gasteiger partial charge in [0.1, 0.15) is 0 Å². The monoisotopic (exact) mass is 441 g/mol. The van der Waals surface area contributed by atoms with Crippen LogP contribution in [0.1, 0.15) is 11.1 Å². The Morgan fingerprint density at radius 3 is 2.54 bits per heavy atom. The van der Waals surface area contributed by atoms with Gasteiger partial charge in [-0.05, 0) is 35.4 Å². The molecule has 1 fully saturated rings. The fourth-order valence-electron chi connectivity index (χ4n) is 3.00. The van der Waals surface area contributed by atoms with E-state index in [2.05, 4.69) is 15.5 Å². The van der Waals surface area contributed by atoms with E-state index in [-0.39, 0.29) is 12.1 Å². The lowest BCUT2D eigenvalue weighted by atomic mass is 10.2. The van der Waals surface area contributed by atoms with E-state index < -0.39 is 0 Å². The van der Waals surface area contributed by atoms with Crippen molar-refractivity contribution in [3.63, 3.8) is 0 Å². The van der Waals surface area contributed by atoms with E-state index in [1.54, 1.807) is 12.1 Å². The van der Waals surface area contributed by atoms with Crippen LogP contribution in [0, 0.1) is 0 Å². The number of urea groups is 1. The highest BCUT2D eigenvalue weighted by molar-refractivity contribution is 6.42. The molecular weight excluding hydrogens is 421 g/mol. The average Bonchev–Trinajstić information content (AvgIpc) is 2.69. The Bertz CT molecular complexity index is 802. The van der Waals surface area contributed by atoms with Crippen molar-refractivity contribution in [2.24, 2.45) is 0 Å². The van der Waals surface area contributed by atoms with E-state index in [1.165, 1.54) is 0 Å². The summed E-state index contributed by atoms with van der Waals surface area (Å²) >= 11 is 17.9. The van der Waals surface area contributed by atoms with Crippen molar-refractivity contribution in [3.05, 3.63) is 68.7 Å². The van der Waals surface area contributed by atoms with Crippen LogP contribution < -0.4 is 10.6 Å². The normalized spacial score (nSPS) is 17.3. The Morgan fingerprint density at radius 1 is 1.04 bits per heavy atom. The molecule has 1 heterocycles. The summed E-state index contributed by atoms with van der Waals surface area (Å²) in [7, 11) is 0. The van der Waals surface area contributed by atoms with Crippen molar-refractivity contribution in [3.8, 4) is 0 Å². The summed E-state index contributed by atoms with van der Waals surface area (Å²) in [6.07, 6.45) is -0.0576. The third-order valence-corrected chi connectivity index (χ3v) is 5.46. The van der Waals surface area contributed by atoms with Gasteiger partial charge in [-0.2, -0.15) is 0 Å². The predicted molar refractivity (Wildman–Crippen MR) is 113 cm³/mol. The highest BCUT2D eigenvalue weighted by atomic mass is 35.5. The molecule has 8 heteroatoms. The molecule has 2 aromatic rings. The Morgan fingerprint density at radius 2 is 1.79 bits per heavy atom. The summed E-state index contributed by atoms with van der Waals surface area (Å²) in [5, 5.41) is 7.49. The molecule has 0 saturated carbocycles. The number of hydrogen-bond donors (Lipinski definition) is 2. The van der Waals surface area contributed by atoms with Gasteiger partial charge in [0, 0.05) is 37.7 Å². The van der Waals surface area contributed by atoms with Crippen LogP contribution in [0.2, 0.25) is 15.1 Å². The maximum atomic E-state index is 12.0. The Hall–Kier alpha value is -1.50. The number of halogens is 3. The van der Waals surface area contributed by atoms with Crippen LogP contribution in [0.25, 0.3) is 0 Å². The van der Waals surface area contributed by atoms with Crippen LogP contribution >= 0.6 is 34.8 Å². The summed E-state index contributed by atoms with van der Waals surface area (Å²) in [6, 6.07) is 12.8. The zero-order valence-electron chi connectivity index (χ0n) is 15.3. The third-order valence-electron chi connectivity index (χ3n) is 4.47. The van der Waals surface area contributed by atoms with Gasteiger partial charge in [0.25, 0.3) is 0 Å². The molecule has 2 aromatic carbocycles. The zero-order chi connectivity index (χ0) is 19.9. The number of hydrogen-bond acceptors (Lipinski definition) is 3. The number of amides is 2. The van der Waals surface area contributed by atoms with Gasteiger partial charge in [-0.1, -0.05) is 53.0 Å². The first-order valence-corrected chi connectivity index (χ1v) is 10.2. The first kappa shape index (κ1) is 21.2. The van der Waals surface area contributed by atoms with Crippen LogP contribution in [-0.4, -0.2) is 43.3 Å². The van der Waals surface area contributed by atoms with Crippen LogP contribution in [-0.2, 0) is 17.8 Å². The highest BCUT2D eigenvalue weighted by Crippen LogP contribution is 2.23. The van der Waals surface area contributed by atoms with Crippen molar-refractivity contribution in [1.82, 2.24) is 15.5 Å². The van der Waals surface area contributed by atoms with E-state index in [0.717, 1.165) is 30.8 Å². The van der Waals surface area contributed by atoms with Crippen molar-refractivity contribution in [1.29, 1.82) is 0 Å². The molecule has 1 unspecified atom stereocenters. The molecule has 28 heavy (non-hydrogen) atoms. The van der Waals surface area contributed by atoms with Gasteiger partial charge in [-0.15, -0.1) is 0 Å². The molecule has 0 aliphatic carbocycles. The lowest BCUT2D eigenvalue weighted by molar-refractivity contribution is -0.0287. The second kappa shape index (κ2) is 10.3. The molecule has 5 nitrogen and oxygen atoms in total. The van der Waals surface area contributed by atoms with Crippen molar-refractivity contribution >= 4 is 40.8 Å². The fourth-order valence-corrected chi connectivity index (χ4v) is 3.44. The van der Waals surface area contributed by atoms with E-state index in [1.807, 2.05) is 30.3 Å². The van der Waals surface area contributed by atoms with E-state index in [0.29, 0.717) is 34.8 Å². The lowest BCUT2D eigenvalue weighted by Crippen LogP contribution is -2.48. The molecule has 1 aliphatic rings. The summed E-state index contributed by atoms with van der Waals surface area (Å²) < 4.78 is 5.77. The summed E-state index contributed by atoms with van der Waals surface area (Å²) in [4.78, 5) is 14.3. The van der Waals surface area contributed by atoms with Gasteiger partial charge >= 0.3 is 6.03 Å². The third kappa shape index (κ3) is 6.54. The summed E-state index contributed by atoms with van der Waals surface area (Å²) in [5.41, 5.74) is 2.09. The van der Waals surface area contributed by atoms with E-state index in [4.69, 9.17) is 39.5 Å². The zero-order valence-corrected chi connectivity index (χ0v) is 17.5. The Balaban J connectivity index is 1.41. The molecule has 1 atom stereocenters. The number of carbonyl (C=O) groups is 1. The number of nitrogens with one attached hydrogen (secondary N) is 2. The number of ether oxygens (including phenoxy) is 1. The minimum atomic E-state index is -0.222. The van der Waals surface area contributed by atoms with Gasteiger partial charge in [-0.3, -0.25) is 4.90 Å². The SMILES string of the molecule is O=C(NCc1ccc(Cl)cc1)NCC1CN(Cc2ccc(Cl)c(Cl)c2)CCO1. The fraction of sp³-hybridized carbons (Fsp3) is 0.350. The summed E-state index contributed by atoms with van der Waals surface area (Å²) in [6.45, 7) is 3.85. The van der Waals surface area contributed by atoms with Gasteiger partial charge in [0.05, 0.1) is 22.8 Å². The largest absolute Gasteiger partial charge is 0.374 e. The van der Waals surface area contributed by atoms with Crippen LogP contribution in [0.4, 0.5) is 4.79 Å². The number of nitrogens with zero attached hydrogens (tertiary/aromatic N) is 1. The van der Waals surface area contributed by atoms with Crippen LogP contribution in [0.3, 0.4) is 0 Å². The van der Waals surface area contributed by atoms with Crippen LogP contribution in [0.5, 0.6) is 0 Å². The maximum absolute atomic E-state index is 12.0. The number of benzene rings is 2. The molecule has 1 aliphatic heterocycles. The quantitative estimate of drug-likeness (QED) is 0.699. The van der Waals surface area contributed by atoms with Gasteiger partial charge in [0.15, 0.2) is 0 Å². The molecule has 0 bridgehead atoms. The Labute approximate surface area is 179 Å². The molecule has 2 amide bonds. The first-order valence-electron chi connectivity index (χ1n) is 9.03. The highest BCUT2D eigenvalue weighted by Gasteiger charge is 2.21.